The first-order chi connectivity index (χ1) is 16.7. The van der Waals surface area contributed by atoms with E-state index in [0.29, 0.717) is 12.8 Å². The van der Waals surface area contributed by atoms with E-state index >= 15 is 0 Å². The summed E-state index contributed by atoms with van der Waals surface area (Å²) in [5.41, 5.74) is 2.98. The third-order valence-electron chi connectivity index (χ3n) is 6.33. The Hall–Kier alpha value is -3.64. The molecular weight excluding hydrogens is 424 g/mol. The van der Waals surface area contributed by atoms with Crippen LogP contribution >= 0.6 is 0 Å². The predicted molar refractivity (Wildman–Crippen MR) is 135 cm³/mol. The number of hydrogen-bond acceptors (Lipinski definition) is 4. The molecular formula is C28H30N4O2. The number of nitrogens with zero attached hydrogens (tertiary/aromatic N) is 3. The molecule has 0 bridgehead atoms. The van der Waals surface area contributed by atoms with Crippen LogP contribution in [0, 0.1) is 0 Å². The molecule has 1 aliphatic heterocycles. The second-order valence-electron chi connectivity index (χ2n) is 8.76. The molecule has 0 radical (unpaired) electrons. The number of amides is 1. The molecule has 0 atom stereocenters. The molecule has 174 valence electrons. The highest BCUT2D eigenvalue weighted by Gasteiger charge is 2.13. The number of nitrogens with one attached hydrogen (secondary N) is 1. The van der Waals surface area contributed by atoms with Gasteiger partial charge < -0.3 is 15.0 Å². The van der Waals surface area contributed by atoms with E-state index in [0.717, 1.165) is 46.7 Å². The number of aromatic nitrogens is 2. The van der Waals surface area contributed by atoms with E-state index in [4.69, 9.17) is 4.74 Å². The molecule has 1 aromatic heterocycles. The van der Waals surface area contributed by atoms with Crippen LogP contribution in [0.15, 0.2) is 79.0 Å². The number of para-hydroxylation sites is 1. The largest absolute Gasteiger partial charge is 0.457 e. The first-order valence-corrected chi connectivity index (χ1v) is 12.0. The van der Waals surface area contributed by atoms with Gasteiger partial charge in [0.05, 0.1) is 23.9 Å². The quantitative estimate of drug-likeness (QED) is 0.363. The van der Waals surface area contributed by atoms with Crippen LogP contribution in [0.2, 0.25) is 0 Å². The van der Waals surface area contributed by atoms with Gasteiger partial charge in [0, 0.05) is 18.4 Å². The number of rotatable bonds is 9. The maximum atomic E-state index is 12.7. The molecule has 1 amide bonds. The molecule has 0 unspecified atom stereocenters. The van der Waals surface area contributed by atoms with E-state index in [1.165, 1.54) is 25.9 Å². The summed E-state index contributed by atoms with van der Waals surface area (Å²) < 4.78 is 7.88. The average Bonchev–Trinajstić information content (AvgIpc) is 3.53. The van der Waals surface area contributed by atoms with Gasteiger partial charge in [-0.15, -0.1) is 0 Å². The van der Waals surface area contributed by atoms with Crippen molar-refractivity contribution in [1.82, 2.24) is 14.7 Å². The second kappa shape index (κ2) is 10.5. The van der Waals surface area contributed by atoms with Crippen LogP contribution < -0.4 is 10.1 Å². The highest BCUT2D eigenvalue weighted by Crippen LogP contribution is 2.24. The summed E-state index contributed by atoms with van der Waals surface area (Å²) in [7, 11) is 0. The highest BCUT2D eigenvalue weighted by molar-refractivity contribution is 6.01. The monoisotopic (exact) mass is 454 g/mol. The van der Waals surface area contributed by atoms with Gasteiger partial charge in [0.25, 0.3) is 0 Å². The van der Waals surface area contributed by atoms with Crippen molar-refractivity contribution in [2.24, 2.45) is 0 Å². The first kappa shape index (κ1) is 22.2. The zero-order chi connectivity index (χ0) is 23.2. The van der Waals surface area contributed by atoms with Gasteiger partial charge in [-0.1, -0.05) is 36.4 Å². The van der Waals surface area contributed by atoms with Gasteiger partial charge in [-0.25, -0.2) is 0 Å². The molecule has 34 heavy (non-hydrogen) atoms. The van der Waals surface area contributed by atoms with Crippen LogP contribution in [-0.2, 0) is 17.8 Å². The lowest BCUT2D eigenvalue weighted by Crippen LogP contribution is -2.24. The molecule has 3 aromatic carbocycles. The zero-order valence-corrected chi connectivity index (χ0v) is 19.3. The highest BCUT2D eigenvalue weighted by atomic mass is 16.5. The molecule has 1 aliphatic rings. The molecule has 6 nitrogen and oxygen atoms in total. The molecule has 4 aromatic rings. The van der Waals surface area contributed by atoms with Crippen molar-refractivity contribution < 1.29 is 9.53 Å². The van der Waals surface area contributed by atoms with E-state index < -0.39 is 0 Å². The number of anilines is 1. The lowest BCUT2D eigenvalue weighted by atomic mass is 10.1. The van der Waals surface area contributed by atoms with Gasteiger partial charge >= 0.3 is 0 Å². The Morgan fingerprint density at radius 2 is 1.65 bits per heavy atom. The van der Waals surface area contributed by atoms with Crippen LogP contribution in [0.25, 0.3) is 10.9 Å². The maximum absolute atomic E-state index is 12.7. The van der Waals surface area contributed by atoms with Gasteiger partial charge in [0.1, 0.15) is 11.5 Å². The molecule has 6 heteroatoms. The molecule has 2 heterocycles. The standard InChI is InChI=1S/C28H30N4O2/c33-28(16-13-22-11-14-24(15-12-22)34-23-7-2-1-3-8-23)30-26-9-6-10-27-25(26)21-29-32(27)20-19-31-17-4-5-18-31/h1-3,6-12,14-15,21H,4-5,13,16-20H2,(H,30,33). The van der Waals surface area contributed by atoms with Gasteiger partial charge in [-0.3, -0.25) is 9.48 Å². The van der Waals surface area contributed by atoms with Crippen LogP contribution in [0.1, 0.15) is 24.8 Å². The van der Waals surface area contributed by atoms with Crippen molar-refractivity contribution >= 4 is 22.5 Å². The SMILES string of the molecule is O=C(CCc1ccc(Oc2ccccc2)cc1)Nc1cccc2c1cnn2CCN1CCCC1. The van der Waals surface area contributed by atoms with Crippen molar-refractivity contribution in [3.05, 3.63) is 84.6 Å². The Morgan fingerprint density at radius 1 is 0.882 bits per heavy atom. The van der Waals surface area contributed by atoms with Crippen molar-refractivity contribution in [2.75, 3.05) is 25.0 Å². The lowest BCUT2D eigenvalue weighted by Gasteiger charge is -2.14. The Kier molecular flexibility index (Phi) is 6.86. The minimum Gasteiger partial charge on any atom is -0.457 e. The van der Waals surface area contributed by atoms with Gasteiger partial charge in [-0.2, -0.15) is 5.10 Å². The van der Waals surface area contributed by atoms with Crippen molar-refractivity contribution in [3.63, 3.8) is 0 Å². The minimum atomic E-state index is 0.00179. The van der Waals surface area contributed by atoms with E-state index in [2.05, 4.69) is 21.4 Å². The number of carbonyl (C=O) groups is 1. The fraction of sp³-hybridized carbons (Fsp3) is 0.286. The summed E-state index contributed by atoms with van der Waals surface area (Å²) >= 11 is 0. The van der Waals surface area contributed by atoms with Crippen LogP contribution in [0.4, 0.5) is 5.69 Å². The van der Waals surface area contributed by atoms with Crippen LogP contribution in [-0.4, -0.2) is 40.2 Å². The fourth-order valence-electron chi connectivity index (χ4n) is 4.45. The number of ether oxygens (including phenoxy) is 1. The summed E-state index contributed by atoms with van der Waals surface area (Å²) in [6.07, 6.45) is 5.53. The van der Waals surface area contributed by atoms with E-state index in [1.54, 1.807) is 0 Å². The van der Waals surface area contributed by atoms with Crippen molar-refractivity contribution in [2.45, 2.75) is 32.2 Å². The first-order valence-electron chi connectivity index (χ1n) is 12.0. The Balaban J connectivity index is 1.15. The van der Waals surface area contributed by atoms with Crippen molar-refractivity contribution in [3.8, 4) is 11.5 Å². The summed E-state index contributed by atoms with van der Waals surface area (Å²) in [5.74, 6) is 1.60. The molecule has 1 saturated heterocycles. The summed E-state index contributed by atoms with van der Waals surface area (Å²) in [5, 5.41) is 8.65. The number of hydrogen-bond donors (Lipinski definition) is 1. The molecule has 5 rings (SSSR count). The zero-order valence-electron chi connectivity index (χ0n) is 19.3. The Labute approximate surface area is 200 Å². The van der Waals surface area contributed by atoms with E-state index in [9.17, 15) is 4.79 Å². The molecule has 0 aliphatic carbocycles. The third kappa shape index (κ3) is 5.46. The van der Waals surface area contributed by atoms with Crippen LogP contribution in [0.3, 0.4) is 0 Å². The average molecular weight is 455 g/mol. The minimum absolute atomic E-state index is 0.00179. The van der Waals surface area contributed by atoms with Gasteiger partial charge in [-0.05, 0) is 74.3 Å². The normalized spacial score (nSPS) is 13.9. The summed E-state index contributed by atoms with van der Waals surface area (Å²) in [4.78, 5) is 15.2. The maximum Gasteiger partial charge on any atom is 0.224 e. The lowest BCUT2D eigenvalue weighted by molar-refractivity contribution is -0.116. The summed E-state index contributed by atoms with van der Waals surface area (Å²) in [6.45, 7) is 4.25. The summed E-state index contributed by atoms with van der Waals surface area (Å²) in [6, 6.07) is 23.6. The number of benzene rings is 3. The smallest absolute Gasteiger partial charge is 0.224 e. The van der Waals surface area contributed by atoms with E-state index in [-0.39, 0.29) is 5.91 Å². The Morgan fingerprint density at radius 3 is 2.44 bits per heavy atom. The van der Waals surface area contributed by atoms with Crippen molar-refractivity contribution in [1.29, 1.82) is 0 Å². The third-order valence-corrected chi connectivity index (χ3v) is 6.33. The van der Waals surface area contributed by atoms with Gasteiger partial charge in [0.2, 0.25) is 5.91 Å². The number of fused-ring (bicyclic) bond motifs is 1. The molecule has 0 saturated carbocycles. The molecule has 1 N–H and O–H groups in total. The Bertz CT molecular complexity index is 1230. The predicted octanol–water partition coefficient (Wildman–Crippen LogP) is 5.50. The number of carbonyl (C=O) groups excluding carboxylic acids is 1. The number of aryl methyl sites for hydroxylation is 1. The number of likely N-dealkylation sites (tertiary alicyclic amines) is 1. The molecule has 1 fully saturated rings. The van der Waals surface area contributed by atoms with Crippen LogP contribution in [0.5, 0.6) is 11.5 Å². The topological polar surface area (TPSA) is 59.4 Å². The second-order valence-corrected chi connectivity index (χ2v) is 8.76. The van der Waals surface area contributed by atoms with Gasteiger partial charge in [0.15, 0.2) is 0 Å². The molecule has 0 spiro atoms. The van der Waals surface area contributed by atoms with E-state index in [1.807, 2.05) is 77.6 Å². The fourth-order valence-corrected chi connectivity index (χ4v) is 4.45.